The number of nitrogens with zero attached hydrogens (tertiary/aromatic N) is 6. The molecule has 9 heteroatoms. The van der Waals surface area contributed by atoms with Gasteiger partial charge in [0.2, 0.25) is 11.8 Å². The number of rotatable bonds is 3. The summed E-state index contributed by atoms with van der Waals surface area (Å²) in [6.45, 7) is 1.03. The molecule has 1 aromatic carbocycles. The number of benzene rings is 1. The fourth-order valence-corrected chi connectivity index (χ4v) is 3.11. The molecule has 0 aliphatic carbocycles. The molecular formula is C18H16F2N6O. The van der Waals surface area contributed by atoms with Crippen LogP contribution in [0.5, 0.6) is 0 Å². The second-order valence-corrected chi connectivity index (χ2v) is 6.36. The molecule has 1 amide bonds. The predicted molar refractivity (Wildman–Crippen MR) is 91.6 cm³/mol. The van der Waals surface area contributed by atoms with Crippen molar-refractivity contribution < 1.29 is 13.6 Å². The first kappa shape index (κ1) is 17.2. The van der Waals surface area contributed by atoms with Crippen molar-refractivity contribution in [3.63, 3.8) is 0 Å². The molecule has 27 heavy (non-hydrogen) atoms. The molecule has 138 valence electrons. The molecule has 3 aromatic rings. The average Bonchev–Trinajstić information content (AvgIpc) is 3.19. The maximum atomic E-state index is 13.1. The molecule has 0 bridgehead atoms. The summed E-state index contributed by atoms with van der Waals surface area (Å²) in [6.07, 6.45) is 2.84. The Morgan fingerprint density at radius 3 is 2.67 bits per heavy atom. The molecule has 4 rings (SSSR count). The highest BCUT2D eigenvalue weighted by Crippen LogP contribution is 2.23. The second-order valence-electron chi connectivity index (χ2n) is 6.36. The van der Waals surface area contributed by atoms with E-state index < -0.39 is 5.95 Å². The Hall–Kier alpha value is -3.23. The minimum absolute atomic E-state index is 0.113. The maximum Gasteiger partial charge on any atom is 0.255 e. The van der Waals surface area contributed by atoms with E-state index in [-0.39, 0.29) is 17.8 Å². The van der Waals surface area contributed by atoms with E-state index in [1.165, 1.54) is 35.3 Å². The average molecular weight is 370 g/mol. The van der Waals surface area contributed by atoms with Gasteiger partial charge in [-0.1, -0.05) is 0 Å². The fourth-order valence-electron chi connectivity index (χ4n) is 3.11. The maximum absolute atomic E-state index is 13.1. The van der Waals surface area contributed by atoms with Crippen molar-refractivity contribution in [1.29, 1.82) is 0 Å². The molecule has 3 heterocycles. The SMILES string of the molecule is O=C(c1ccc(F)nc1)N1CCCC(n2nnc(-c3ccc(F)cc3)n2)C1. The van der Waals surface area contributed by atoms with Crippen LogP contribution < -0.4 is 0 Å². The number of tetrazole rings is 1. The van der Waals surface area contributed by atoms with Crippen molar-refractivity contribution in [2.45, 2.75) is 18.9 Å². The summed E-state index contributed by atoms with van der Waals surface area (Å²) < 4.78 is 26.0. The van der Waals surface area contributed by atoms with Crippen LogP contribution >= 0.6 is 0 Å². The second kappa shape index (κ2) is 7.18. The molecular weight excluding hydrogens is 354 g/mol. The van der Waals surface area contributed by atoms with Crippen LogP contribution in [0.2, 0.25) is 0 Å². The molecule has 1 aliphatic heterocycles. The van der Waals surface area contributed by atoms with Crippen LogP contribution in [0.25, 0.3) is 11.4 Å². The van der Waals surface area contributed by atoms with Crippen LogP contribution in [0.15, 0.2) is 42.6 Å². The molecule has 1 fully saturated rings. The molecule has 1 aliphatic rings. The van der Waals surface area contributed by atoms with Gasteiger partial charge >= 0.3 is 0 Å². The van der Waals surface area contributed by atoms with Crippen molar-refractivity contribution >= 4 is 5.91 Å². The minimum Gasteiger partial charge on any atom is -0.336 e. The Kier molecular flexibility index (Phi) is 4.57. The molecule has 7 nitrogen and oxygen atoms in total. The lowest BCUT2D eigenvalue weighted by atomic mass is 10.1. The summed E-state index contributed by atoms with van der Waals surface area (Å²) in [4.78, 5) is 19.3. The van der Waals surface area contributed by atoms with E-state index in [0.717, 1.165) is 12.8 Å². The van der Waals surface area contributed by atoms with Crippen molar-refractivity contribution in [2.75, 3.05) is 13.1 Å². The Bertz CT molecular complexity index is 941. The van der Waals surface area contributed by atoms with Crippen LogP contribution in [0.4, 0.5) is 8.78 Å². The van der Waals surface area contributed by atoms with Crippen molar-refractivity contribution in [2.24, 2.45) is 0 Å². The lowest BCUT2D eigenvalue weighted by molar-refractivity contribution is 0.0662. The van der Waals surface area contributed by atoms with E-state index in [0.29, 0.717) is 30.0 Å². The standard InChI is InChI=1S/C18H16F2N6O/c19-14-6-3-12(4-7-14)17-22-24-26(23-17)15-2-1-9-25(11-15)18(27)13-5-8-16(20)21-10-13/h3-8,10,15H,1-2,9,11H2. The zero-order valence-corrected chi connectivity index (χ0v) is 14.3. The first-order valence-corrected chi connectivity index (χ1v) is 8.56. The van der Waals surface area contributed by atoms with Gasteiger partial charge in [0.1, 0.15) is 5.82 Å². The highest BCUT2D eigenvalue weighted by Gasteiger charge is 2.27. The highest BCUT2D eigenvalue weighted by molar-refractivity contribution is 5.93. The fraction of sp³-hybridized carbons (Fsp3) is 0.278. The Morgan fingerprint density at radius 1 is 1.11 bits per heavy atom. The monoisotopic (exact) mass is 370 g/mol. The van der Waals surface area contributed by atoms with Crippen LogP contribution in [0.1, 0.15) is 29.2 Å². The summed E-state index contributed by atoms with van der Waals surface area (Å²) in [5, 5.41) is 12.5. The number of pyridine rings is 1. The number of amides is 1. The van der Waals surface area contributed by atoms with Crippen molar-refractivity contribution in [3.05, 3.63) is 59.9 Å². The van der Waals surface area contributed by atoms with E-state index in [1.807, 2.05) is 0 Å². The number of halogens is 2. The van der Waals surface area contributed by atoms with Crippen LogP contribution in [-0.2, 0) is 0 Å². The zero-order chi connectivity index (χ0) is 18.8. The molecule has 2 aromatic heterocycles. The summed E-state index contributed by atoms with van der Waals surface area (Å²) in [7, 11) is 0. The minimum atomic E-state index is -0.622. The summed E-state index contributed by atoms with van der Waals surface area (Å²) in [5.74, 6) is -0.752. The summed E-state index contributed by atoms with van der Waals surface area (Å²) >= 11 is 0. The van der Waals surface area contributed by atoms with Gasteiger partial charge in [-0.15, -0.1) is 10.2 Å². The molecule has 0 saturated carbocycles. The Balaban J connectivity index is 1.49. The number of hydrogen-bond acceptors (Lipinski definition) is 5. The molecule has 0 spiro atoms. The van der Waals surface area contributed by atoms with E-state index in [2.05, 4.69) is 20.4 Å². The van der Waals surface area contributed by atoms with E-state index in [1.54, 1.807) is 17.0 Å². The smallest absolute Gasteiger partial charge is 0.255 e. The predicted octanol–water partition coefficient (Wildman–Crippen LogP) is 2.49. The van der Waals surface area contributed by atoms with Crippen LogP contribution in [0.3, 0.4) is 0 Å². The number of carbonyl (C=O) groups excluding carboxylic acids is 1. The molecule has 0 N–H and O–H groups in total. The van der Waals surface area contributed by atoms with Gasteiger partial charge in [0.25, 0.3) is 5.91 Å². The van der Waals surface area contributed by atoms with Gasteiger partial charge in [-0.25, -0.2) is 9.37 Å². The number of likely N-dealkylation sites (tertiary alicyclic amines) is 1. The zero-order valence-electron chi connectivity index (χ0n) is 14.3. The van der Waals surface area contributed by atoms with Crippen LogP contribution in [0, 0.1) is 11.8 Å². The molecule has 1 saturated heterocycles. The normalized spacial score (nSPS) is 17.1. The summed E-state index contributed by atoms with van der Waals surface area (Å²) in [5.41, 5.74) is 1.01. The largest absolute Gasteiger partial charge is 0.336 e. The molecule has 1 unspecified atom stereocenters. The van der Waals surface area contributed by atoms with Gasteiger partial charge in [-0.2, -0.15) is 9.19 Å². The number of aromatic nitrogens is 5. The third kappa shape index (κ3) is 3.67. The molecule has 0 radical (unpaired) electrons. The third-order valence-corrected chi connectivity index (χ3v) is 4.52. The van der Waals surface area contributed by atoms with Crippen molar-refractivity contribution in [1.82, 2.24) is 30.1 Å². The number of hydrogen-bond donors (Lipinski definition) is 0. The van der Waals surface area contributed by atoms with Gasteiger partial charge < -0.3 is 4.90 Å². The first-order chi connectivity index (χ1) is 13.1. The number of carbonyl (C=O) groups is 1. The topological polar surface area (TPSA) is 76.8 Å². The lowest BCUT2D eigenvalue weighted by Crippen LogP contribution is -2.41. The summed E-state index contributed by atoms with van der Waals surface area (Å²) in [6, 6.07) is 8.35. The quantitative estimate of drug-likeness (QED) is 0.662. The van der Waals surface area contributed by atoms with E-state index in [4.69, 9.17) is 0 Å². The third-order valence-electron chi connectivity index (χ3n) is 4.52. The van der Waals surface area contributed by atoms with E-state index in [9.17, 15) is 13.6 Å². The van der Waals surface area contributed by atoms with Gasteiger partial charge in [-0.3, -0.25) is 4.79 Å². The first-order valence-electron chi connectivity index (χ1n) is 8.56. The van der Waals surface area contributed by atoms with Gasteiger partial charge in [0.15, 0.2) is 0 Å². The van der Waals surface area contributed by atoms with Crippen molar-refractivity contribution in [3.8, 4) is 11.4 Å². The number of piperidine rings is 1. The van der Waals surface area contributed by atoms with Crippen LogP contribution in [-0.4, -0.2) is 49.1 Å². The van der Waals surface area contributed by atoms with Gasteiger partial charge in [-0.05, 0) is 54.5 Å². The Labute approximate surface area is 153 Å². The van der Waals surface area contributed by atoms with E-state index >= 15 is 0 Å². The Morgan fingerprint density at radius 2 is 1.93 bits per heavy atom. The highest BCUT2D eigenvalue weighted by atomic mass is 19.1. The van der Waals surface area contributed by atoms with Gasteiger partial charge in [0.05, 0.1) is 11.6 Å². The van der Waals surface area contributed by atoms with Gasteiger partial charge in [0, 0.05) is 24.8 Å². The lowest BCUT2D eigenvalue weighted by Gasteiger charge is -2.31. The molecule has 1 atom stereocenters.